The monoisotopic (exact) mass is 242 g/mol. The summed E-state index contributed by atoms with van der Waals surface area (Å²) in [6.45, 7) is -5.65. The first-order valence-electron chi connectivity index (χ1n) is 3.93. The second kappa shape index (κ2) is 5.58. The molecule has 0 aromatic carbocycles. The zero-order chi connectivity index (χ0) is 10.1. The average molecular weight is 242 g/mol. The Morgan fingerprint density at radius 1 is 1.29 bits per heavy atom. The molecule has 0 saturated carbocycles. The molecule has 0 aromatic rings. The predicted octanol–water partition coefficient (Wildman–Crippen LogP) is -0.490. The quantitative estimate of drug-likeness (QED) is 0.479. The fourth-order valence-electron chi connectivity index (χ4n) is 1.51. The fourth-order valence-corrected chi connectivity index (χ4v) is 1.51. The van der Waals surface area contributed by atoms with Gasteiger partial charge in [-0.3, -0.25) is 0 Å². The second-order valence-electron chi connectivity index (χ2n) is 3.38. The van der Waals surface area contributed by atoms with Crippen molar-refractivity contribution < 1.29 is 77.8 Å². The van der Waals surface area contributed by atoms with Crippen LogP contribution >= 0.6 is 0 Å². The van der Waals surface area contributed by atoms with Crippen molar-refractivity contribution >= 4 is 6.98 Å². The van der Waals surface area contributed by atoms with Gasteiger partial charge in [0.15, 0.2) is 0 Å². The van der Waals surface area contributed by atoms with Crippen LogP contribution in [-0.4, -0.2) is 26.6 Å². The van der Waals surface area contributed by atoms with Crippen molar-refractivity contribution in [1.29, 1.82) is 0 Å². The van der Waals surface area contributed by atoms with Gasteiger partial charge in [-0.25, -0.2) is 8.78 Å². The minimum Gasteiger partial charge on any atom is -0.449 e. The molecule has 1 heterocycles. The molecule has 0 amide bonds. The van der Waals surface area contributed by atoms with Crippen LogP contribution in [0.3, 0.4) is 0 Å². The van der Waals surface area contributed by atoms with E-state index in [9.17, 15) is 21.7 Å². The number of halogens is 5. The molecule has 78 valence electrons. The van der Waals surface area contributed by atoms with Crippen molar-refractivity contribution in [2.45, 2.75) is 19.2 Å². The summed E-state index contributed by atoms with van der Waals surface area (Å²) in [5, 5.41) is 0. The molecule has 1 aliphatic heterocycles. The van der Waals surface area contributed by atoms with Gasteiger partial charge in [0, 0.05) is 12.0 Å². The maximum atomic E-state index is 12.4. The van der Waals surface area contributed by atoms with E-state index >= 15 is 0 Å². The van der Waals surface area contributed by atoms with Crippen LogP contribution in [0.1, 0.15) is 6.42 Å². The number of hydrogen-bond acceptors (Lipinski definition) is 1. The molecular formula is C6H9BF5KO. The molecule has 1 saturated heterocycles. The molecule has 0 aliphatic carbocycles. The van der Waals surface area contributed by atoms with Crippen LogP contribution in [0.25, 0.3) is 0 Å². The first-order chi connectivity index (χ1) is 5.86. The molecule has 1 atom stereocenters. The Labute approximate surface area is 121 Å². The summed E-state index contributed by atoms with van der Waals surface area (Å²) in [5.41, 5.74) is -1.97. The number of alkyl halides is 2. The Morgan fingerprint density at radius 2 is 1.86 bits per heavy atom. The van der Waals surface area contributed by atoms with E-state index in [1.54, 1.807) is 0 Å². The van der Waals surface area contributed by atoms with Crippen molar-refractivity contribution in [3.05, 3.63) is 0 Å². The van der Waals surface area contributed by atoms with Gasteiger partial charge in [-0.1, -0.05) is 6.32 Å². The van der Waals surface area contributed by atoms with Gasteiger partial charge in [-0.15, -0.1) is 0 Å². The van der Waals surface area contributed by atoms with E-state index < -0.39 is 31.7 Å². The molecule has 1 nitrogen and oxygen atoms in total. The topological polar surface area (TPSA) is 9.23 Å². The molecule has 1 fully saturated rings. The average Bonchev–Trinajstić information content (AvgIpc) is 2.33. The zero-order valence-electron chi connectivity index (χ0n) is 7.78. The third kappa shape index (κ3) is 4.05. The Balaban J connectivity index is 0.00000169. The molecule has 0 aromatic heterocycles. The van der Waals surface area contributed by atoms with E-state index in [1.807, 2.05) is 0 Å². The van der Waals surface area contributed by atoms with Crippen molar-refractivity contribution in [2.75, 3.05) is 13.2 Å². The van der Waals surface area contributed by atoms with Crippen LogP contribution in [0, 0.1) is 5.41 Å². The van der Waals surface area contributed by atoms with Crippen molar-refractivity contribution in [3.8, 4) is 0 Å². The first-order valence-corrected chi connectivity index (χ1v) is 3.93. The van der Waals surface area contributed by atoms with Crippen molar-refractivity contribution in [3.63, 3.8) is 0 Å². The molecule has 0 unspecified atom stereocenters. The molecule has 14 heavy (non-hydrogen) atoms. The van der Waals surface area contributed by atoms with Gasteiger partial charge in [0.1, 0.15) is 0 Å². The maximum Gasteiger partial charge on any atom is 1.00 e. The van der Waals surface area contributed by atoms with Gasteiger partial charge in [0.25, 0.3) is 0 Å². The minimum atomic E-state index is -5.17. The third-order valence-corrected chi connectivity index (χ3v) is 2.23. The number of rotatable bonds is 3. The predicted molar refractivity (Wildman–Crippen MR) is 37.8 cm³/mol. The van der Waals surface area contributed by atoms with Gasteiger partial charge in [-0.2, -0.15) is 0 Å². The molecule has 0 bridgehead atoms. The third-order valence-electron chi connectivity index (χ3n) is 2.23. The summed E-state index contributed by atoms with van der Waals surface area (Å²) in [7, 11) is 0. The fraction of sp³-hybridized carbons (Fsp3) is 1.00. The summed E-state index contributed by atoms with van der Waals surface area (Å²) in [6, 6.07) is 0. The summed E-state index contributed by atoms with van der Waals surface area (Å²) in [6.07, 6.45) is -4.56. The Bertz CT molecular complexity index is 180. The molecular weight excluding hydrogens is 233 g/mol. The Morgan fingerprint density at radius 3 is 2.14 bits per heavy atom. The molecule has 0 radical (unpaired) electrons. The Hall–Kier alpha value is 1.31. The van der Waals surface area contributed by atoms with Crippen LogP contribution in [0.4, 0.5) is 21.7 Å². The van der Waals surface area contributed by atoms with Crippen LogP contribution < -0.4 is 51.4 Å². The van der Waals surface area contributed by atoms with Crippen molar-refractivity contribution in [2.24, 2.45) is 5.41 Å². The van der Waals surface area contributed by atoms with E-state index in [1.165, 1.54) is 0 Å². The first kappa shape index (κ1) is 15.3. The summed E-state index contributed by atoms with van der Waals surface area (Å²) >= 11 is 0. The van der Waals surface area contributed by atoms with Crippen molar-refractivity contribution in [1.82, 2.24) is 0 Å². The summed E-state index contributed by atoms with van der Waals surface area (Å²) in [4.78, 5) is 0. The molecule has 0 N–H and O–H groups in total. The van der Waals surface area contributed by atoms with Crippen LogP contribution in [0.2, 0.25) is 6.32 Å². The van der Waals surface area contributed by atoms with E-state index in [-0.39, 0.29) is 64.4 Å². The molecule has 8 heteroatoms. The van der Waals surface area contributed by atoms with Gasteiger partial charge < -0.3 is 17.7 Å². The van der Waals surface area contributed by atoms with Gasteiger partial charge >= 0.3 is 58.4 Å². The smallest absolute Gasteiger partial charge is 0.449 e. The molecule has 1 aliphatic rings. The molecule has 0 spiro atoms. The maximum absolute atomic E-state index is 12.4. The normalized spacial score (nSPS) is 27.9. The van der Waals surface area contributed by atoms with Crippen LogP contribution in [0.15, 0.2) is 0 Å². The van der Waals surface area contributed by atoms with Gasteiger partial charge in [0.2, 0.25) is 6.43 Å². The van der Waals surface area contributed by atoms with Crippen LogP contribution in [0.5, 0.6) is 0 Å². The summed E-state index contributed by atoms with van der Waals surface area (Å²) < 4.78 is 65.3. The molecule has 1 rings (SSSR count). The minimum absolute atomic E-state index is 0. The Kier molecular flexibility index (Phi) is 6.11. The van der Waals surface area contributed by atoms with E-state index in [4.69, 9.17) is 0 Å². The van der Waals surface area contributed by atoms with E-state index in [0.717, 1.165) is 0 Å². The van der Waals surface area contributed by atoms with Crippen LogP contribution in [-0.2, 0) is 4.74 Å². The number of ether oxygens (including phenoxy) is 1. The standard InChI is InChI=1S/C6H9BF5O.K/c8-5(9)6(1-2-13-4-6)3-7(10,11)12;/h5H,1-4H2;/q-1;+1/t6-;/m0./s1. The largest absolute Gasteiger partial charge is 1.00 e. The summed E-state index contributed by atoms with van der Waals surface area (Å²) in [5.74, 6) is 0. The second-order valence-corrected chi connectivity index (χ2v) is 3.38. The van der Waals surface area contributed by atoms with Gasteiger partial charge in [-0.05, 0) is 6.42 Å². The number of hydrogen-bond donors (Lipinski definition) is 0. The van der Waals surface area contributed by atoms with E-state index in [2.05, 4.69) is 4.74 Å². The SMILES string of the molecule is FC(F)[C@]1(C[B-](F)(F)F)CCOC1.[K+]. The van der Waals surface area contributed by atoms with E-state index in [0.29, 0.717) is 0 Å². The van der Waals surface area contributed by atoms with Gasteiger partial charge in [0.05, 0.1) is 6.61 Å². The zero-order valence-corrected chi connectivity index (χ0v) is 10.9.